The van der Waals surface area contributed by atoms with Crippen LogP contribution in [0.25, 0.3) is 0 Å². The largest absolute Gasteiger partial charge is 1.00 e. The van der Waals surface area contributed by atoms with Crippen LogP contribution in [0, 0.1) is 0 Å². The summed E-state index contributed by atoms with van der Waals surface area (Å²) in [6.07, 6.45) is -1.05. The molecule has 0 aliphatic carbocycles. The first-order chi connectivity index (χ1) is 7.49. The molecule has 88 valence electrons. The van der Waals surface area contributed by atoms with E-state index >= 15 is 0 Å². The van der Waals surface area contributed by atoms with Crippen LogP contribution in [0.3, 0.4) is 0 Å². The number of hydrogen-bond donors (Lipinski definition) is 0. The molecule has 1 rings (SSSR count). The molecule has 0 atom stereocenters. The van der Waals surface area contributed by atoms with Crippen molar-refractivity contribution < 1.29 is 73.9 Å². The Balaban J connectivity index is 0.00000256. The van der Waals surface area contributed by atoms with Gasteiger partial charge in [-0.2, -0.15) is 0 Å². The van der Waals surface area contributed by atoms with E-state index in [4.69, 9.17) is 4.74 Å². The predicted octanol–water partition coefficient (Wildman–Crippen LogP) is 0.0849. The molecule has 0 aliphatic heterocycles. The van der Waals surface area contributed by atoms with Crippen molar-refractivity contribution in [1.82, 2.24) is 0 Å². The van der Waals surface area contributed by atoms with Gasteiger partial charge in [-0.1, -0.05) is 24.5 Å². The number of ether oxygens (including phenoxy) is 1. The second-order valence-corrected chi connectivity index (χ2v) is 3.35. The summed E-state index contributed by atoms with van der Waals surface area (Å²) in [5.74, 6) is -0.588. The van der Waals surface area contributed by atoms with Crippen LogP contribution in [0.1, 0.15) is 16.8 Å². The summed E-state index contributed by atoms with van der Waals surface area (Å²) >= 11 is 0. The fraction of sp³-hybridized carbons (Fsp3) is 0.300. The van der Waals surface area contributed by atoms with E-state index in [1.165, 1.54) is 0 Å². The van der Waals surface area contributed by atoms with Crippen molar-refractivity contribution in [3.05, 3.63) is 35.9 Å². The molecule has 0 fully saturated rings. The van der Waals surface area contributed by atoms with E-state index in [0.717, 1.165) is 0 Å². The maximum atomic E-state index is 11.8. The summed E-state index contributed by atoms with van der Waals surface area (Å²) in [4.78, 5) is 11.3. The van der Waals surface area contributed by atoms with Gasteiger partial charge in [0.2, 0.25) is 0 Å². The van der Waals surface area contributed by atoms with Crippen LogP contribution >= 0.6 is 0 Å². The summed E-state index contributed by atoms with van der Waals surface area (Å²) in [6, 6.07) is 8.17. The third-order valence-electron chi connectivity index (χ3n) is 1.92. The van der Waals surface area contributed by atoms with Crippen LogP contribution < -0.4 is 51.4 Å². The molecule has 0 radical (unpaired) electrons. The van der Waals surface area contributed by atoms with E-state index in [1.54, 1.807) is 30.3 Å². The molecule has 0 amide bonds. The van der Waals surface area contributed by atoms with Gasteiger partial charge in [-0.3, -0.25) is 0 Å². The summed E-state index contributed by atoms with van der Waals surface area (Å²) in [6.45, 7) is -4.98. The maximum absolute atomic E-state index is 11.8. The van der Waals surface area contributed by atoms with Crippen molar-refractivity contribution in [2.75, 3.05) is 6.61 Å². The molecular weight excluding hydrogens is 259 g/mol. The molecule has 0 aromatic heterocycles. The zero-order valence-corrected chi connectivity index (χ0v) is 12.7. The molecule has 0 N–H and O–H groups in total. The number of rotatable bonds is 5. The molecular formula is C10H11BF3KO2. The Morgan fingerprint density at radius 2 is 1.76 bits per heavy atom. The van der Waals surface area contributed by atoms with E-state index < -0.39 is 19.3 Å². The van der Waals surface area contributed by atoms with E-state index in [2.05, 4.69) is 0 Å². The van der Waals surface area contributed by atoms with Gasteiger partial charge >= 0.3 is 64.3 Å². The van der Waals surface area contributed by atoms with Crippen LogP contribution in [0.2, 0.25) is 6.32 Å². The minimum absolute atomic E-state index is 0. The van der Waals surface area contributed by atoms with Gasteiger partial charge in [0.15, 0.2) is 0 Å². The van der Waals surface area contributed by atoms with Crippen molar-refractivity contribution in [1.29, 1.82) is 0 Å². The number of benzene rings is 1. The molecule has 0 unspecified atom stereocenters. The van der Waals surface area contributed by atoms with Crippen molar-refractivity contribution in [2.24, 2.45) is 0 Å². The van der Waals surface area contributed by atoms with Crippen LogP contribution in [0.4, 0.5) is 12.9 Å². The Morgan fingerprint density at radius 1 is 1.18 bits per heavy atom. The zero-order valence-electron chi connectivity index (χ0n) is 9.54. The molecule has 0 aliphatic rings. The first-order valence-electron chi connectivity index (χ1n) is 4.92. The standard InChI is InChI=1S/C10H11BF3O2.K/c12-11(13,14)7-4-8-16-10(15)9-5-2-1-3-6-9;/h1-3,5-6H,4,7-8H2;/q-1;+1. The summed E-state index contributed by atoms with van der Waals surface area (Å²) in [7, 11) is 0. The average Bonchev–Trinajstić information content (AvgIpc) is 2.24. The molecule has 2 nitrogen and oxygen atoms in total. The van der Waals surface area contributed by atoms with Gasteiger partial charge in [0.05, 0.1) is 12.2 Å². The van der Waals surface area contributed by atoms with Crippen LogP contribution in [-0.4, -0.2) is 19.6 Å². The number of hydrogen-bond acceptors (Lipinski definition) is 2. The number of halogens is 3. The van der Waals surface area contributed by atoms with Crippen molar-refractivity contribution in [2.45, 2.75) is 12.7 Å². The van der Waals surface area contributed by atoms with Gasteiger partial charge in [-0.05, 0) is 18.6 Å². The monoisotopic (exact) mass is 270 g/mol. The number of esters is 1. The van der Waals surface area contributed by atoms with Gasteiger partial charge in [-0.25, -0.2) is 4.79 Å². The molecule has 1 aromatic rings. The third-order valence-corrected chi connectivity index (χ3v) is 1.92. The first-order valence-corrected chi connectivity index (χ1v) is 4.92. The summed E-state index contributed by atoms with van der Waals surface area (Å²) in [5.41, 5.74) is 0.347. The summed E-state index contributed by atoms with van der Waals surface area (Å²) < 4.78 is 40.2. The van der Waals surface area contributed by atoms with Crippen LogP contribution in [-0.2, 0) is 4.74 Å². The fourth-order valence-electron chi connectivity index (χ4n) is 1.14. The molecule has 0 saturated carbocycles. The SMILES string of the molecule is O=C(OCCC[B-](F)(F)F)c1ccccc1.[K+]. The second kappa shape index (κ2) is 8.31. The predicted molar refractivity (Wildman–Crippen MR) is 55.2 cm³/mol. The molecule has 7 heteroatoms. The van der Waals surface area contributed by atoms with Gasteiger partial charge in [0.1, 0.15) is 0 Å². The molecule has 0 spiro atoms. The third kappa shape index (κ3) is 7.99. The van der Waals surface area contributed by atoms with Gasteiger partial charge in [-0.15, -0.1) is 0 Å². The molecule has 0 heterocycles. The molecule has 1 aromatic carbocycles. The van der Waals surface area contributed by atoms with E-state index in [9.17, 15) is 17.7 Å². The Kier molecular flexibility index (Phi) is 8.40. The number of carbonyl (C=O) groups excluding carboxylic acids is 1. The Labute approximate surface area is 140 Å². The minimum atomic E-state index is -4.78. The molecule has 0 bridgehead atoms. The summed E-state index contributed by atoms with van der Waals surface area (Å²) in [5, 5.41) is 0. The molecule has 0 saturated heterocycles. The zero-order chi connectivity index (χ0) is 12.0. The number of carbonyl (C=O) groups is 1. The van der Waals surface area contributed by atoms with Crippen LogP contribution in [0.15, 0.2) is 30.3 Å². The topological polar surface area (TPSA) is 26.3 Å². The first kappa shape index (κ1) is 17.2. The average molecular weight is 270 g/mol. The Hall–Kier alpha value is 0.181. The van der Waals surface area contributed by atoms with Crippen LogP contribution in [0.5, 0.6) is 0 Å². The Morgan fingerprint density at radius 3 is 2.29 bits per heavy atom. The fourth-order valence-corrected chi connectivity index (χ4v) is 1.14. The van der Waals surface area contributed by atoms with E-state index in [1.807, 2.05) is 0 Å². The second-order valence-electron chi connectivity index (χ2n) is 3.35. The quantitative estimate of drug-likeness (QED) is 0.430. The van der Waals surface area contributed by atoms with Gasteiger partial charge in [0.25, 0.3) is 0 Å². The normalized spacial score (nSPS) is 10.5. The molecule has 17 heavy (non-hydrogen) atoms. The van der Waals surface area contributed by atoms with Crippen molar-refractivity contribution in [3.8, 4) is 0 Å². The maximum Gasteiger partial charge on any atom is 1.00 e. The Bertz CT molecular complexity index is 343. The smallest absolute Gasteiger partial charge is 0.462 e. The minimum Gasteiger partial charge on any atom is -0.462 e. The van der Waals surface area contributed by atoms with Gasteiger partial charge in [0, 0.05) is 0 Å². The van der Waals surface area contributed by atoms with Crippen molar-refractivity contribution in [3.63, 3.8) is 0 Å². The van der Waals surface area contributed by atoms with Crippen molar-refractivity contribution >= 4 is 12.9 Å². The van der Waals surface area contributed by atoms with Gasteiger partial charge < -0.3 is 17.7 Å². The van der Waals surface area contributed by atoms with E-state index in [-0.39, 0.29) is 64.4 Å². The van der Waals surface area contributed by atoms with E-state index in [0.29, 0.717) is 5.56 Å².